The van der Waals surface area contributed by atoms with Crippen LogP contribution in [0.4, 0.5) is 34.1 Å². The number of benzene rings is 7. The van der Waals surface area contributed by atoms with Crippen molar-refractivity contribution >= 4 is 56.1 Å². The molecule has 11 rings (SSSR count). The minimum Gasteiger partial charge on any atom is -0.454 e. The molecule has 2 bridgehead atoms. The highest BCUT2D eigenvalue weighted by Gasteiger charge is 2.52. The predicted octanol–water partition coefficient (Wildman–Crippen LogP) is 15.7. The van der Waals surface area contributed by atoms with Crippen molar-refractivity contribution in [3.8, 4) is 0 Å². The Morgan fingerprint density at radius 3 is 1.60 bits per heavy atom. The first-order valence-corrected chi connectivity index (χ1v) is 21.6. The second-order valence-corrected chi connectivity index (χ2v) is 17.2. The normalized spacial score (nSPS) is 20.5. The van der Waals surface area contributed by atoms with Gasteiger partial charge in [0.05, 0.1) is 5.69 Å². The number of rotatable bonds is 9. The van der Waals surface area contributed by atoms with Gasteiger partial charge < -0.3 is 14.2 Å². The lowest BCUT2D eigenvalue weighted by Gasteiger charge is -2.40. The third-order valence-corrected chi connectivity index (χ3v) is 14.0. The van der Waals surface area contributed by atoms with Crippen LogP contribution in [-0.4, -0.2) is 0 Å². The molecule has 286 valence electrons. The van der Waals surface area contributed by atoms with Crippen molar-refractivity contribution < 1.29 is 4.42 Å². The summed E-state index contributed by atoms with van der Waals surface area (Å²) >= 11 is 0. The van der Waals surface area contributed by atoms with E-state index in [0.29, 0.717) is 11.8 Å². The Bertz CT molecular complexity index is 2620. The van der Waals surface area contributed by atoms with Crippen LogP contribution in [0, 0.1) is 11.8 Å². The van der Waals surface area contributed by atoms with Gasteiger partial charge in [-0.25, -0.2) is 0 Å². The van der Waals surface area contributed by atoms with Crippen molar-refractivity contribution in [3.63, 3.8) is 0 Å². The zero-order chi connectivity index (χ0) is 38.5. The summed E-state index contributed by atoms with van der Waals surface area (Å²) in [7, 11) is 0. The van der Waals surface area contributed by atoms with Gasteiger partial charge in [0.25, 0.3) is 0 Å². The number of para-hydroxylation sites is 4. The number of hydrogen-bond donors (Lipinski definition) is 0. The summed E-state index contributed by atoms with van der Waals surface area (Å²) < 4.78 is 6.68. The quantitative estimate of drug-likeness (QED) is 0.146. The Labute approximate surface area is 342 Å². The summed E-state index contributed by atoms with van der Waals surface area (Å²) in [5, 5.41) is 2.30. The monoisotopic (exact) mass is 754 g/mol. The van der Waals surface area contributed by atoms with Gasteiger partial charge in [0, 0.05) is 44.6 Å². The van der Waals surface area contributed by atoms with Gasteiger partial charge >= 0.3 is 0 Å². The maximum Gasteiger partial charge on any atom is 0.159 e. The smallest absolute Gasteiger partial charge is 0.159 e. The highest BCUT2D eigenvalue weighted by Crippen LogP contribution is 2.60. The van der Waals surface area contributed by atoms with E-state index in [1.165, 1.54) is 80.2 Å². The van der Waals surface area contributed by atoms with E-state index in [0.717, 1.165) is 56.3 Å². The zero-order valence-electron chi connectivity index (χ0n) is 33.1. The van der Waals surface area contributed by atoms with E-state index in [1.807, 2.05) is 0 Å². The maximum absolute atomic E-state index is 6.68. The van der Waals surface area contributed by atoms with Crippen LogP contribution in [0.3, 0.4) is 0 Å². The van der Waals surface area contributed by atoms with Crippen molar-refractivity contribution in [3.05, 3.63) is 193 Å². The second kappa shape index (κ2) is 14.7. The summed E-state index contributed by atoms with van der Waals surface area (Å²) in [4.78, 5) is 4.79. The molecule has 3 unspecified atom stereocenters. The first-order chi connectivity index (χ1) is 28.7. The van der Waals surface area contributed by atoms with Crippen molar-refractivity contribution in [2.45, 2.75) is 69.1 Å². The van der Waals surface area contributed by atoms with Gasteiger partial charge in [0.2, 0.25) is 0 Å². The molecule has 0 aliphatic heterocycles. The maximum atomic E-state index is 6.68. The molecule has 8 aromatic rings. The van der Waals surface area contributed by atoms with Crippen LogP contribution in [0.2, 0.25) is 0 Å². The van der Waals surface area contributed by atoms with Crippen molar-refractivity contribution in [2.24, 2.45) is 11.8 Å². The minimum atomic E-state index is -0.00444. The van der Waals surface area contributed by atoms with Gasteiger partial charge in [-0.2, -0.15) is 0 Å². The molecule has 0 spiro atoms. The van der Waals surface area contributed by atoms with Crippen molar-refractivity contribution in [1.82, 2.24) is 0 Å². The first kappa shape index (κ1) is 35.1. The Morgan fingerprint density at radius 1 is 0.448 bits per heavy atom. The molecule has 1 aromatic heterocycles. The SMILES string of the molecule is c1ccc(N(c2ccccc2)c2ccc(C3(c4ccc(N(c5ccc(C6CCCCC6)cc5)c5cccc6c5oc5ccccc56)cc4)CC4CCC3C4)cc2)cc1. The third kappa shape index (κ3) is 6.02. The van der Waals surface area contributed by atoms with Crippen LogP contribution in [-0.2, 0) is 5.41 Å². The average Bonchev–Trinajstić information content (AvgIpc) is 4.03. The number of fused-ring (bicyclic) bond motifs is 5. The van der Waals surface area contributed by atoms with Crippen LogP contribution in [0.15, 0.2) is 180 Å². The largest absolute Gasteiger partial charge is 0.454 e. The van der Waals surface area contributed by atoms with Crippen LogP contribution in [0.5, 0.6) is 0 Å². The molecule has 0 saturated heterocycles. The summed E-state index contributed by atoms with van der Waals surface area (Å²) in [6.45, 7) is 0. The Balaban J connectivity index is 0.992. The van der Waals surface area contributed by atoms with E-state index >= 15 is 0 Å². The third-order valence-electron chi connectivity index (χ3n) is 14.0. The molecule has 1 heterocycles. The van der Waals surface area contributed by atoms with Crippen molar-refractivity contribution in [1.29, 1.82) is 0 Å². The average molecular weight is 755 g/mol. The van der Waals surface area contributed by atoms with E-state index in [2.05, 4.69) is 186 Å². The Kier molecular flexibility index (Phi) is 8.91. The molecular formula is C55H50N2O. The fraction of sp³-hybridized carbons (Fsp3) is 0.236. The Hall–Kier alpha value is -6.06. The van der Waals surface area contributed by atoms with Gasteiger partial charge in [-0.15, -0.1) is 0 Å². The summed E-state index contributed by atoms with van der Waals surface area (Å²) in [5.74, 6) is 2.08. The number of anilines is 6. The van der Waals surface area contributed by atoms with E-state index in [1.54, 1.807) is 0 Å². The lowest BCUT2D eigenvalue weighted by Crippen LogP contribution is -2.34. The zero-order valence-corrected chi connectivity index (χ0v) is 33.1. The molecule has 3 aliphatic rings. The summed E-state index contributed by atoms with van der Waals surface area (Å²) in [6, 6.07) is 65.2. The van der Waals surface area contributed by atoms with E-state index in [4.69, 9.17) is 4.42 Å². The summed E-state index contributed by atoms with van der Waals surface area (Å²) in [6.07, 6.45) is 11.8. The molecule has 3 nitrogen and oxygen atoms in total. The van der Waals surface area contributed by atoms with E-state index in [-0.39, 0.29) is 5.41 Å². The predicted molar refractivity (Wildman–Crippen MR) is 242 cm³/mol. The highest BCUT2D eigenvalue weighted by atomic mass is 16.3. The fourth-order valence-electron chi connectivity index (χ4n) is 11.3. The van der Waals surface area contributed by atoms with Gasteiger partial charge in [-0.05, 0) is 139 Å². The lowest BCUT2D eigenvalue weighted by atomic mass is 9.64. The minimum absolute atomic E-state index is 0.00444. The molecule has 0 amide bonds. The van der Waals surface area contributed by atoms with Crippen LogP contribution in [0.25, 0.3) is 21.9 Å². The molecule has 3 fully saturated rings. The van der Waals surface area contributed by atoms with Crippen molar-refractivity contribution in [2.75, 3.05) is 9.80 Å². The molecule has 58 heavy (non-hydrogen) atoms. The van der Waals surface area contributed by atoms with Gasteiger partial charge in [0.15, 0.2) is 5.58 Å². The topological polar surface area (TPSA) is 19.6 Å². The molecular weight excluding hydrogens is 705 g/mol. The molecule has 3 saturated carbocycles. The van der Waals surface area contributed by atoms with E-state index in [9.17, 15) is 0 Å². The van der Waals surface area contributed by atoms with Crippen LogP contribution < -0.4 is 9.80 Å². The molecule has 3 atom stereocenters. The van der Waals surface area contributed by atoms with Gasteiger partial charge in [-0.1, -0.05) is 129 Å². The second-order valence-electron chi connectivity index (χ2n) is 17.2. The standard InChI is InChI=1S/C55H50N2O/c1-4-13-40(14-5-1)41-24-31-48(32-25-41)57(52-21-12-20-51-50-19-10-11-22-53(50)58-54(51)52)49-35-29-43(30-36-49)55(38-39-23-26-44(55)37-39)42-27-33-47(34-28-42)56(45-15-6-2-7-16-45)46-17-8-3-9-18-46/h2-3,6-12,15-22,24-25,27-36,39-40,44H,1,4-5,13-14,23,26,37-38H2. The molecule has 0 N–H and O–H groups in total. The van der Waals surface area contributed by atoms with Crippen LogP contribution >= 0.6 is 0 Å². The molecule has 3 aliphatic carbocycles. The Morgan fingerprint density at radius 2 is 1.00 bits per heavy atom. The molecule has 7 aromatic carbocycles. The van der Waals surface area contributed by atoms with E-state index < -0.39 is 0 Å². The first-order valence-electron chi connectivity index (χ1n) is 21.6. The van der Waals surface area contributed by atoms with Crippen LogP contribution in [0.1, 0.15) is 80.4 Å². The lowest BCUT2D eigenvalue weighted by molar-refractivity contribution is 0.320. The number of nitrogens with zero attached hydrogens (tertiary/aromatic N) is 2. The molecule has 3 heteroatoms. The number of hydrogen-bond acceptors (Lipinski definition) is 3. The number of furan rings is 1. The van der Waals surface area contributed by atoms with Gasteiger partial charge in [-0.3, -0.25) is 0 Å². The fourth-order valence-corrected chi connectivity index (χ4v) is 11.3. The van der Waals surface area contributed by atoms with Gasteiger partial charge in [0.1, 0.15) is 5.58 Å². The highest BCUT2D eigenvalue weighted by molar-refractivity contribution is 6.10. The molecule has 0 radical (unpaired) electrons. The summed E-state index contributed by atoms with van der Waals surface area (Å²) in [5.41, 5.74) is 13.1.